The molecule has 2 heterocycles. The molecule has 150 valence electrons. The van der Waals surface area contributed by atoms with Crippen LogP contribution in [0.3, 0.4) is 0 Å². The number of aromatic nitrogens is 3. The number of nitrogens with one attached hydrogen (secondary N) is 1. The van der Waals surface area contributed by atoms with E-state index in [0.717, 1.165) is 31.7 Å². The molecule has 1 N–H and O–H groups in total. The summed E-state index contributed by atoms with van der Waals surface area (Å²) >= 11 is 7.31. The molecule has 1 unspecified atom stereocenters. The number of hydrogen-bond acceptors (Lipinski definition) is 5. The molecule has 4 rings (SSSR count). The van der Waals surface area contributed by atoms with Gasteiger partial charge in [-0.25, -0.2) is 4.98 Å². The molecular weight excluding hydrogens is 406 g/mol. The first-order chi connectivity index (χ1) is 14.1. The highest BCUT2D eigenvalue weighted by Crippen LogP contribution is 2.25. The van der Waals surface area contributed by atoms with E-state index in [0.29, 0.717) is 16.0 Å². The van der Waals surface area contributed by atoms with E-state index < -0.39 is 0 Å². The zero-order chi connectivity index (χ0) is 20.2. The molecule has 1 amide bonds. The van der Waals surface area contributed by atoms with Gasteiger partial charge < -0.3 is 9.80 Å². The molecule has 0 radical (unpaired) electrons. The van der Waals surface area contributed by atoms with E-state index in [1.54, 1.807) is 0 Å². The number of para-hydroxylation sites is 1. The predicted molar refractivity (Wildman–Crippen MR) is 117 cm³/mol. The summed E-state index contributed by atoms with van der Waals surface area (Å²) in [6.45, 7) is 5.04. The fourth-order valence-corrected chi connectivity index (χ4v) is 4.26. The largest absolute Gasteiger partial charge is 0.368 e. The third-order valence-corrected chi connectivity index (χ3v) is 6.13. The zero-order valence-electron chi connectivity index (χ0n) is 16.1. The summed E-state index contributed by atoms with van der Waals surface area (Å²) in [5.74, 6) is 0.792. The summed E-state index contributed by atoms with van der Waals surface area (Å²) in [7, 11) is 0. The van der Waals surface area contributed by atoms with Crippen LogP contribution in [0.25, 0.3) is 11.4 Å². The van der Waals surface area contributed by atoms with Crippen LogP contribution in [0.5, 0.6) is 0 Å². The number of aromatic amines is 1. The van der Waals surface area contributed by atoms with Crippen molar-refractivity contribution in [2.75, 3.05) is 31.1 Å². The highest BCUT2D eigenvalue weighted by atomic mass is 35.5. The number of thioether (sulfide) groups is 1. The van der Waals surface area contributed by atoms with E-state index in [1.165, 1.54) is 17.4 Å². The second-order valence-electron chi connectivity index (χ2n) is 6.88. The fraction of sp³-hybridized carbons (Fsp3) is 0.286. The number of carbonyl (C=O) groups excluding carboxylic acids is 1. The molecule has 1 aliphatic rings. The van der Waals surface area contributed by atoms with Gasteiger partial charge in [0.15, 0.2) is 5.82 Å². The molecule has 2 aromatic carbocycles. The SMILES string of the molecule is CC(Sc1n[nH]c(-c2ccc(Cl)cc2)n1)C(=O)N1CCN(c2ccccc2)CC1. The topological polar surface area (TPSA) is 65.1 Å². The number of piperazine rings is 1. The predicted octanol–water partition coefficient (Wildman–Crippen LogP) is 3.95. The molecule has 1 atom stereocenters. The van der Waals surface area contributed by atoms with E-state index in [9.17, 15) is 4.79 Å². The van der Waals surface area contributed by atoms with Crippen molar-refractivity contribution in [1.82, 2.24) is 20.1 Å². The molecule has 1 fully saturated rings. The summed E-state index contributed by atoms with van der Waals surface area (Å²) in [6, 6.07) is 17.7. The summed E-state index contributed by atoms with van der Waals surface area (Å²) < 4.78 is 0. The molecule has 3 aromatic rings. The van der Waals surface area contributed by atoms with Crippen molar-refractivity contribution in [1.29, 1.82) is 0 Å². The first-order valence-corrected chi connectivity index (χ1v) is 10.8. The first kappa shape index (κ1) is 19.8. The van der Waals surface area contributed by atoms with E-state index in [4.69, 9.17) is 11.6 Å². The lowest BCUT2D eigenvalue weighted by Gasteiger charge is -2.37. The highest BCUT2D eigenvalue weighted by Gasteiger charge is 2.26. The van der Waals surface area contributed by atoms with E-state index in [2.05, 4.69) is 32.2 Å². The number of halogens is 1. The molecule has 1 saturated heterocycles. The molecule has 8 heteroatoms. The Hall–Kier alpha value is -2.51. The van der Waals surface area contributed by atoms with Gasteiger partial charge in [-0.05, 0) is 43.3 Å². The van der Waals surface area contributed by atoms with Gasteiger partial charge >= 0.3 is 0 Å². The average molecular weight is 428 g/mol. The van der Waals surface area contributed by atoms with Gasteiger partial charge in [-0.3, -0.25) is 9.89 Å². The van der Waals surface area contributed by atoms with Crippen LogP contribution in [0.4, 0.5) is 5.69 Å². The lowest BCUT2D eigenvalue weighted by molar-refractivity contribution is -0.130. The molecule has 0 aliphatic carbocycles. The Morgan fingerprint density at radius 2 is 1.76 bits per heavy atom. The molecular formula is C21H22ClN5OS. The lowest BCUT2D eigenvalue weighted by Crippen LogP contribution is -2.50. The van der Waals surface area contributed by atoms with Gasteiger partial charge in [0.1, 0.15) is 0 Å². The van der Waals surface area contributed by atoms with Crippen LogP contribution in [0.2, 0.25) is 5.02 Å². The molecule has 1 aromatic heterocycles. The second kappa shape index (κ2) is 8.88. The van der Waals surface area contributed by atoms with Gasteiger partial charge in [0.2, 0.25) is 11.1 Å². The second-order valence-corrected chi connectivity index (χ2v) is 8.63. The minimum Gasteiger partial charge on any atom is -0.368 e. The average Bonchev–Trinajstić information content (AvgIpc) is 3.23. The van der Waals surface area contributed by atoms with E-state index >= 15 is 0 Å². The number of hydrogen-bond donors (Lipinski definition) is 1. The zero-order valence-corrected chi connectivity index (χ0v) is 17.7. The van der Waals surface area contributed by atoms with Crippen molar-refractivity contribution in [3.8, 4) is 11.4 Å². The van der Waals surface area contributed by atoms with Gasteiger partial charge in [0.05, 0.1) is 5.25 Å². The van der Waals surface area contributed by atoms with E-state index in [1.807, 2.05) is 54.3 Å². The van der Waals surface area contributed by atoms with Crippen LogP contribution in [0.15, 0.2) is 59.8 Å². The molecule has 0 saturated carbocycles. The lowest BCUT2D eigenvalue weighted by atomic mass is 10.2. The van der Waals surface area contributed by atoms with Crippen molar-refractivity contribution in [2.24, 2.45) is 0 Å². The summed E-state index contributed by atoms with van der Waals surface area (Å²) in [6.07, 6.45) is 0. The number of benzene rings is 2. The normalized spacial score (nSPS) is 15.4. The number of rotatable bonds is 5. The van der Waals surface area contributed by atoms with Crippen LogP contribution < -0.4 is 4.90 Å². The Morgan fingerprint density at radius 3 is 2.45 bits per heavy atom. The first-order valence-electron chi connectivity index (χ1n) is 9.54. The van der Waals surface area contributed by atoms with E-state index in [-0.39, 0.29) is 11.2 Å². The maximum atomic E-state index is 12.9. The van der Waals surface area contributed by atoms with Crippen LogP contribution >= 0.6 is 23.4 Å². The van der Waals surface area contributed by atoms with Crippen LogP contribution in [0.1, 0.15) is 6.92 Å². The summed E-state index contributed by atoms with van der Waals surface area (Å²) in [5.41, 5.74) is 2.11. The molecule has 0 spiro atoms. The Bertz CT molecular complexity index is 955. The third-order valence-electron chi connectivity index (χ3n) is 4.93. The molecule has 6 nitrogen and oxygen atoms in total. The van der Waals surface area contributed by atoms with Crippen molar-refractivity contribution >= 4 is 35.0 Å². The Kier molecular flexibility index (Phi) is 6.06. The van der Waals surface area contributed by atoms with Gasteiger partial charge in [0.25, 0.3) is 0 Å². The van der Waals surface area contributed by atoms with Crippen molar-refractivity contribution < 1.29 is 4.79 Å². The van der Waals surface area contributed by atoms with Gasteiger partial charge in [-0.2, -0.15) is 0 Å². The third kappa shape index (κ3) is 4.74. The number of amides is 1. The summed E-state index contributed by atoms with van der Waals surface area (Å²) in [5, 5.41) is 8.18. The Morgan fingerprint density at radius 1 is 1.07 bits per heavy atom. The van der Waals surface area contributed by atoms with Crippen molar-refractivity contribution in [2.45, 2.75) is 17.3 Å². The maximum absolute atomic E-state index is 12.9. The molecule has 29 heavy (non-hydrogen) atoms. The molecule has 1 aliphatic heterocycles. The van der Waals surface area contributed by atoms with Crippen LogP contribution in [0, 0.1) is 0 Å². The fourth-order valence-electron chi connectivity index (χ4n) is 3.33. The number of nitrogens with zero attached hydrogens (tertiary/aromatic N) is 4. The van der Waals surface area contributed by atoms with Crippen molar-refractivity contribution in [3.05, 3.63) is 59.6 Å². The molecule has 0 bridgehead atoms. The summed E-state index contributed by atoms with van der Waals surface area (Å²) in [4.78, 5) is 21.6. The van der Waals surface area contributed by atoms with Gasteiger partial charge in [-0.1, -0.05) is 41.6 Å². The number of anilines is 1. The quantitative estimate of drug-likeness (QED) is 0.624. The Balaban J connectivity index is 1.33. The Labute approximate surface area is 179 Å². The van der Waals surface area contributed by atoms with Crippen LogP contribution in [-0.4, -0.2) is 57.4 Å². The monoisotopic (exact) mass is 427 g/mol. The minimum absolute atomic E-state index is 0.126. The van der Waals surface area contributed by atoms with Crippen molar-refractivity contribution in [3.63, 3.8) is 0 Å². The number of carbonyl (C=O) groups is 1. The van der Waals surface area contributed by atoms with Gasteiger partial charge in [0, 0.05) is 42.5 Å². The number of H-pyrrole nitrogens is 1. The van der Waals surface area contributed by atoms with Gasteiger partial charge in [-0.15, -0.1) is 5.10 Å². The maximum Gasteiger partial charge on any atom is 0.236 e. The standard InChI is InChI=1S/C21H22ClN5OS/c1-15(29-21-23-19(24-25-21)16-7-9-17(22)10-8-16)20(28)27-13-11-26(12-14-27)18-5-3-2-4-6-18/h2-10,15H,11-14H2,1H3,(H,23,24,25). The minimum atomic E-state index is -0.243. The van der Waals surface area contributed by atoms with Crippen LogP contribution in [-0.2, 0) is 4.79 Å². The highest BCUT2D eigenvalue weighted by molar-refractivity contribution is 8.00. The smallest absolute Gasteiger partial charge is 0.236 e.